The van der Waals surface area contributed by atoms with E-state index in [2.05, 4.69) is 15.3 Å². The molecule has 0 aliphatic heterocycles. The van der Waals surface area contributed by atoms with Crippen LogP contribution in [0.15, 0.2) is 59.6 Å². The molecule has 0 aliphatic carbocycles. The normalized spacial score (nSPS) is 10.4. The standard InChI is InChI=1S/C19H17N3O2S/c23-17(14-4-2-1-3-5-14)6-7-18(24)22-12-16-19(21-10-9-20-16)15-8-11-25-13-15/h1-5,8-11,13H,6-7,12H2,(H,22,24). The van der Waals surface area contributed by atoms with Crippen LogP contribution in [0.3, 0.4) is 0 Å². The van der Waals surface area contributed by atoms with Crippen molar-refractivity contribution in [1.82, 2.24) is 15.3 Å². The number of rotatable bonds is 7. The van der Waals surface area contributed by atoms with E-state index < -0.39 is 0 Å². The average molecular weight is 351 g/mol. The Morgan fingerprint density at radius 1 is 1.00 bits per heavy atom. The summed E-state index contributed by atoms with van der Waals surface area (Å²) >= 11 is 1.58. The van der Waals surface area contributed by atoms with Crippen LogP contribution in [0.2, 0.25) is 0 Å². The Balaban J connectivity index is 1.54. The number of carbonyl (C=O) groups excluding carboxylic acids is 2. The van der Waals surface area contributed by atoms with Crippen molar-refractivity contribution in [1.29, 1.82) is 0 Å². The minimum atomic E-state index is -0.175. The number of hydrogen-bond donors (Lipinski definition) is 1. The van der Waals surface area contributed by atoms with Crippen molar-refractivity contribution in [3.8, 4) is 11.3 Å². The molecular formula is C19H17N3O2S. The molecule has 2 aromatic heterocycles. The van der Waals surface area contributed by atoms with Gasteiger partial charge in [0.15, 0.2) is 5.78 Å². The zero-order valence-electron chi connectivity index (χ0n) is 13.5. The topological polar surface area (TPSA) is 72.0 Å². The summed E-state index contributed by atoms with van der Waals surface area (Å²) in [6.07, 6.45) is 3.59. The number of hydrogen-bond acceptors (Lipinski definition) is 5. The zero-order valence-corrected chi connectivity index (χ0v) is 14.3. The Morgan fingerprint density at radius 2 is 1.80 bits per heavy atom. The number of Topliss-reactive ketones (excluding diaryl/α,β-unsaturated/α-hetero) is 1. The number of nitrogens with zero attached hydrogens (tertiary/aromatic N) is 2. The van der Waals surface area contributed by atoms with E-state index in [1.165, 1.54) is 0 Å². The van der Waals surface area contributed by atoms with Gasteiger partial charge in [0.2, 0.25) is 5.91 Å². The van der Waals surface area contributed by atoms with Crippen LogP contribution in [0.25, 0.3) is 11.3 Å². The second-order valence-electron chi connectivity index (χ2n) is 5.43. The number of carbonyl (C=O) groups is 2. The second-order valence-corrected chi connectivity index (χ2v) is 6.21. The number of amides is 1. The average Bonchev–Trinajstić information content (AvgIpc) is 3.20. The lowest BCUT2D eigenvalue weighted by atomic mass is 10.1. The first kappa shape index (κ1) is 17.0. The van der Waals surface area contributed by atoms with Gasteiger partial charge in [-0.3, -0.25) is 19.6 Å². The zero-order chi connectivity index (χ0) is 17.5. The fourth-order valence-electron chi connectivity index (χ4n) is 2.40. The Hall–Kier alpha value is -2.86. The summed E-state index contributed by atoms with van der Waals surface area (Å²) in [5.41, 5.74) is 3.10. The first-order chi connectivity index (χ1) is 12.2. The van der Waals surface area contributed by atoms with E-state index in [1.54, 1.807) is 35.9 Å². The van der Waals surface area contributed by atoms with Gasteiger partial charge in [-0.1, -0.05) is 30.3 Å². The van der Waals surface area contributed by atoms with Crippen LogP contribution in [0.5, 0.6) is 0 Å². The molecule has 0 aliphatic rings. The van der Waals surface area contributed by atoms with Crippen LogP contribution < -0.4 is 5.32 Å². The second kappa shape index (κ2) is 8.30. The van der Waals surface area contributed by atoms with Crippen molar-refractivity contribution >= 4 is 23.0 Å². The smallest absolute Gasteiger partial charge is 0.220 e. The molecule has 3 aromatic rings. The fourth-order valence-corrected chi connectivity index (χ4v) is 3.04. The predicted molar refractivity (Wildman–Crippen MR) is 97.2 cm³/mol. The molecule has 0 atom stereocenters. The van der Waals surface area contributed by atoms with Crippen molar-refractivity contribution < 1.29 is 9.59 Å². The van der Waals surface area contributed by atoms with E-state index in [0.29, 0.717) is 11.3 Å². The Morgan fingerprint density at radius 3 is 2.56 bits per heavy atom. The lowest BCUT2D eigenvalue weighted by Crippen LogP contribution is -2.24. The monoisotopic (exact) mass is 351 g/mol. The number of thiophene rings is 1. The molecule has 6 heteroatoms. The molecule has 0 spiro atoms. The molecule has 0 saturated carbocycles. The minimum Gasteiger partial charge on any atom is -0.350 e. The molecule has 25 heavy (non-hydrogen) atoms. The van der Waals surface area contributed by atoms with E-state index in [-0.39, 0.29) is 31.1 Å². The molecule has 0 unspecified atom stereocenters. The third kappa shape index (κ3) is 4.58. The molecule has 2 heterocycles. The van der Waals surface area contributed by atoms with E-state index in [0.717, 1.165) is 11.3 Å². The van der Waals surface area contributed by atoms with Crippen molar-refractivity contribution in [3.63, 3.8) is 0 Å². The largest absolute Gasteiger partial charge is 0.350 e. The molecule has 5 nitrogen and oxygen atoms in total. The lowest BCUT2D eigenvalue weighted by molar-refractivity contribution is -0.121. The quantitative estimate of drug-likeness (QED) is 0.662. The van der Waals surface area contributed by atoms with Crippen molar-refractivity contribution in [3.05, 3.63) is 70.8 Å². The van der Waals surface area contributed by atoms with Gasteiger partial charge in [-0.15, -0.1) is 0 Å². The maximum atomic E-state index is 12.0. The third-order valence-corrected chi connectivity index (χ3v) is 4.38. The molecule has 126 valence electrons. The summed E-state index contributed by atoms with van der Waals surface area (Å²) in [4.78, 5) is 32.7. The van der Waals surface area contributed by atoms with Gasteiger partial charge in [0, 0.05) is 41.7 Å². The van der Waals surface area contributed by atoms with E-state index in [9.17, 15) is 9.59 Å². The molecule has 0 saturated heterocycles. The van der Waals surface area contributed by atoms with Gasteiger partial charge in [-0.25, -0.2) is 0 Å². The molecule has 0 bridgehead atoms. The highest BCUT2D eigenvalue weighted by molar-refractivity contribution is 7.08. The van der Waals surface area contributed by atoms with Crippen molar-refractivity contribution in [2.75, 3.05) is 0 Å². The molecule has 1 N–H and O–H groups in total. The highest BCUT2D eigenvalue weighted by Gasteiger charge is 2.12. The first-order valence-corrected chi connectivity index (χ1v) is 8.85. The van der Waals surface area contributed by atoms with Crippen LogP contribution in [-0.4, -0.2) is 21.7 Å². The molecule has 0 radical (unpaired) electrons. The number of aromatic nitrogens is 2. The summed E-state index contributed by atoms with van der Waals surface area (Å²) in [6, 6.07) is 11.0. The molecule has 3 rings (SSSR count). The summed E-state index contributed by atoms with van der Waals surface area (Å²) in [5.74, 6) is -0.208. The maximum Gasteiger partial charge on any atom is 0.220 e. The summed E-state index contributed by atoms with van der Waals surface area (Å²) < 4.78 is 0. The Labute approximate surface area is 149 Å². The Kier molecular flexibility index (Phi) is 5.64. The number of ketones is 1. The van der Waals surface area contributed by atoms with Crippen LogP contribution in [0.4, 0.5) is 0 Å². The van der Waals surface area contributed by atoms with Gasteiger partial charge < -0.3 is 5.32 Å². The molecule has 0 fully saturated rings. The number of benzene rings is 1. The van der Waals surface area contributed by atoms with Crippen molar-refractivity contribution in [2.45, 2.75) is 19.4 Å². The van der Waals surface area contributed by atoms with E-state index >= 15 is 0 Å². The maximum absolute atomic E-state index is 12.0. The number of nitrogens with one attached hydrogen (secondary N) is 1. The summed E-state index contributed by atoms with van der Waals surface area (Å²) in [6.45, 7) is 0.289. The van der Waals surface area contributed by atoms with Crippen LogP contribution in [-0.2, 0) is 11.3 Å². The first-order valence-electron chi connectivity index (χ1n) is 7.91. The summed E-state index contributed by atoms with van der Waals surface area (Å²) in [5, 5.41) is 6.79. The lowest BCUT2D eigenvalue weighted by Gasteiger charge is -2.08. The van der Waals surface area contributed by atoms with Gasteiger partial charge in [-0.2, -0.15) is 11.3 Å². The van der Waals surface area contributed by atoms with E-state index in [1.807, 2.05) is 35.0 Å². The Bertz CT molecular complexity index is 848. The van der Waals surface area contributed by atoms with E-state index in [4.69, 9.17) is 0 Å². The predicted octanol–water partition coefficient (Wildman–Crippen LogP) is 3.48. The highest BCUT2D eigenvalue weighted by atomic mass is 32.1. The van der Waals surface area contributed by atoms with Crippen molar-refractivity contribution in [2.24, 2.45) is 0 Å². The summed E-state index contributed by atoms with van der Waals surface area (Å²) in [7, 11) is 0. The molecular weight excluding hydrogens is 334 g/mol. The SMILES string of the molecule is O=C(CCC(=O)c1ccccc1)NCc1nccnc1-c1ccsc1. The van der Waals surface area contributed by atoms with Gasteiger partial charge in [0.05, 0.1) is 17.9 Å². The van der Waals surface area contributed by atoms with Crippen LogP contribution in [0.1, 0.15) is 28.9 Å². The van der Waals surface area contributed by atoms with Gasteiger partial charge in [0.25, 0.3) is 0 Å². The van der Waals surface area contributed by atoms with Crippen LogP contribution in [0, 0.1) is 0 Å². The fraction of sp³-hybridized carbons (Fsp3) is 0.158. The highest BCUT2D eigenvalue weighted by Crippen LogP contribution is 2.22. The molecule has 1 aromatic carbocycles. The van der Waals surface area contributed by atoms with Crippen LogP contribution >= 0.6 is 11.3 Å². The molecule has 1 amide bonds. The third-order valence-electron chi connectivity index (χ3n) is 3.70. The van der Waals surface area contributed by atoms with Gasteiger partial charge in [0.1, 0.15) is 0 Å². The van der Waals surface area contributed by atoms with Gasteiger partial charge in [-0.05, 0) is 11.4 Å². The minimum absolute atomic E-state index is 0.0331. The van der Waals surface area contributed by atoms with Gasteiger partial charge >= 0.3 is 0 Å².